The van der Waals surface area contributed by atoms with E-state index in [9.17, 15) is 0 Å². The minimum Gasteiger partial charge on any atom is -0.490 e. The van der Waals surface area contributed by atoms with Crippen molar-refractivity contribution >= 4 is 5.96 Å². The molecule has 2 rings (SSSR count). The van der Waals surface area contributed by atoms with E-state index in [0.717, 1.165) is 30.4 Å². The summed E-state index contributed by atoms with van der Waals surface area (Å²) in [5.74, 6) is 2.36. The third kappa shape index (κ3) is 7.31. The van der Waals surface area contributed by atoms with Gasteiger partial charge in [0.15, 0.2) is 17.5 Å². The Balaban J connectivity index is 1.88. The van der Waals surface area contributed by atoms with Crippen LogP contribution in [-0.4, -0.2) is 39.9 Å². The summed E-state index contributed by atoms with van der Waals surface area (Å²) in [6, 6.07) is 14.3. The molecular weight excluding hydrogens is 366 g/mol. The minimum atomic E-state index is 0.601. The number of ether oxygens (including phenoxy) is 3. The number of hydrogen-bond donors (Lipinski definition) is 2. The van der Waals surface area contributed by atoms with E-state index in [1.807, 2.05) is 38.1 Å². The molecule has 2 N–H and O–H groups in total. The fraction of sp³-hybridized carbons (Fsp3) is 0.435. The van der Waals surface area contributed by atoms with Crippen LogP contribution in [0.15, 0.2) is 47.5 Å². The molecule has 29 heavy (non-hydrogen) atoms. The van der Waals surface area contributed by atoms with Crippen molar-refractivity contribution in [3.63, 3.8) is 0 Å². The molecule has 158 valence electrons. The van der Waals surface area contributed by atoms with Crippen molar-refractivity contribution < 1.29 is 14.2 Å². The predicted molar refractivity (Wildman–Crippen MR) is 118 cm³/mol. The summed E-state index contributed by atoms with van der Waals surface area (Å²) in [5, 5.41) is 6.73. The first kappa shape index (κ1) is 22.6. The lowest BCUT2D eigenvalue weighted by molar-refractivity contribution is 0.184. The summed E-state index contributed by atoms with van der Waals surface area (Å²) in [7, 11) is 3.49. The quantitative estimate of drug-likeness (QED) is 0.447. The highest BCUT2D eigenvalue weighted by molar-refractivity contribution is 5.79. The van der Waals surface area contributed by atoms with Crippen LogP contribution in [0.1, 0.15) is 30.5 Å². The molecule has 6 nitrogen and oxygen atoms in total. The van der Waals surface area contributed by atoms with Gasteiger partial charge < -0.3 is 24.8 Å². The summed E-state index contributed by atoms with van der Waals surface area (Å²) in [6.07, 6.45) is 0.855. The number of methoxy groups -OCH3 is 1. The molecule has 0 aliphatic heterocycles. The standard InChI is InChI=1S/C23H33N3O3/c1-5-28-21-12-11-18(15-22(21)29-6-2)13-14-25-23(24-3)26-16-19-9-7-8-10-20(19)17-27-4/h7-12,15H,5-6,13-14,16-17H2,1-4H3,(H2,24,25,26). The van der Waals surface area contributed by atoms with Crippen LogP contribution in [0.2, 0.25) is 0 Å². The first-order chi connectivity index (χ1) is 14.2. The highest BCUT2D eigenvalue weighted by Gasteiger charge is 2.07. The average molecular weight is 400 g/mol. The van der Waals surface area contributed by atoms with Crippen molar-refractivity contribution in [3.8, 4) is 11.5 Å². The Morgan fingerprint density at radius 1 is 0.931 bits per heavy atom. The number of nitrogens with zero attached hydrogens (tertiary/aromatic N) is 1. The smallest absolute Gasteiger partial charge is 0.191 e. The predicted octanol–water partition coefficient (Wildman–Crippen LogP) is 3.54. The van der Waals surface area contributed by atoms with Crippen LogP contribution >= 0.6 is 0 Å². The largest absolute Gasteiger partial charge is 0.490 e. The van der Waals surface area contributed by atoms with Crippen LogP contribution in [0.4, 0.5) is 0 Å². The topological polar surface area (TPSA) is 64.1 Å². The maximum absolute atomic E-state index is 5.71. The first-order valence-electron chi connectivity index (χ1n) is 10.1. The molecule has 0 aromatic heterocycles. The summed E-state index contributed by atoms with van der Waals surface area (Å²) >= 11 is 0. The Hall–Kier alpha value is -2.73. The van der Waals surface area contributed by atoms with Gasteiger partial charge in [-0.25, -0.2) is 0 Å². The summed E-state index contributed by atoms with van der Waals surface area (Å²) in [5.41, 5.74) is 3.56. The second-order valence-electron chi connectivity index (χ2n) is 6.45. The fourth-order valence-electron chi connectivity index (χ4n) is 3.00. The summed E-state index contributed by atoms with van der Waals surface area (Å²) < 4.78 is 16.6. The highest BCUT2D eigenvalue weighted by atomic mass is 16.5. The molecule has 0 spiro atoms. The Bertz CT molecular complexity index is 778. The number of rotatable bonds is 11. The molecule has 0 atom stereocenters. The molecule has 2 aromatic carbocycles. The van der Waals surface area contributed by atoms with Gasteiger partial charge in [0.1, 0.15) is 0 Å². The lowest BCUT2D eigenvalue weighted by Crippen LogP contribution is -2.38. The third-order valence-corrected chi connectivity index (χ3v) is 4.40. The van der Waals surface area contributed by atoms with Crippen molar-refractivity contribution in [3.05, 3.63) is 59.2 Å². The SMILES string of the molecule is CCOc1ccc(CCNC(=NC)NCc2ccccc2COC)cc1OCC. The van der Waals surface area contributed by atoms with Crippen LogP contribution < -0.4 is 20.1 Å². The van der Waals surface area contributed by atoms with E-state index in [1.165, 1.54) is 16.7 Å². The van der Waals surface area contributed by atoms with Gasteiger partial charge in [-0.2, -0.15) is 0 Å². The zero-order valence-corrected chi connectivity index (χ0v) is 18.0. The van der Waals surface area contributed by atoms with Crippen molar-refractivity contribution in [2.24, 2.45) is 4.99 Å². The van der Waals surface area contributed by atoms with Gasteiger partial charge in [-0.05, 0) is 49.1 Å². The lowest BCUT2D eigenvalue weighted by Gasteiger charge is -2.15. The second-order valence-corrected chi connectivity index (χ2v) is 6.45. The zero-order chi connectivity index (χ0) is 20.9. The molecule has 0 saturated heterocycles. The molecule has 0 aliphatic carbocycles. The molecule has 2 aromatic rings. The van der Waals surface area contributed by atoms with E-state index >= 15 is 0 Å². The van der Waals surface area contributed by atoms with Crippen molar-refractivity contribution in [1.29, 1.82) is 0 Å². The number of guanidine groups is 1. The maximum Gasteiger partial charge on any atom is 0.191 e. The average Bonchev–Trinajstić information content (AvgIpc) is 2.74. The van der Waals surface area contributed by atoms with Gasteiger partial charge >= 0.3 is 0 Å². The normalized spacial score (nSPS) is 11.2. The Kier molecular flexibility index (Phi) is 9.86. The van der Waals surface area contributed by atoms with E-state index in [0.29, 0.717) is 26.4 Å². The number of benzene rings is 2. The molecule has 6 heteroatoms. The van der Waals surface area contributed by atoms with Crippen molar-refractivity contribution in [2.75, 3.05) is 33.9 Å². The number of nitrogens with one attached hydrogen (secondary N) is 2. The molecule has 0 amide bonds. The van der Waals surface area contributed by atoms with Crippen molar-refractivity contribution in [1.82, 2.24) is 10.6 Å². The van der Waals surface area contributed by atoms with Gasteiger partial charge in [-0.15, -0.1) is 0 Å². The van der Waals surface area contributed by atoms with Gasteiger partial charge in [0.2, 0.25) is 0 Å². The van der Waals surface area contributed by atoms with Gasteiger partial charge in [-0.3, -0.25) is 4.99 Å². The number of aliphatic imine (C=N–C) groups is 1. The van der Waals surface area contributed by atoms with E-state index < -0.39 is 0 Å². The first-order valence-corrected chi connectivity index (χ1v) is 10.1. The lowest BCUT2D eigenvalue weighted by atomic mass is 10.1. The number of hydrogen-bond acceptors (Lipinski definition) is 4. The summed E-state index contributed by atoms with van der Waals surface area (Å²) in [6.45, 7) is 7.24. The van der Waals surface area contributed by atoms with E-state index in [4.69, 9.17) is 14.2 Å². The molecule has 0 unspecified atom stereocenters. The van der Waals surface area contributed by atoms with Crippen LogP contribution in [-0.2, 0) is 24.3 Å². The minimum absolute atomic E-state index is 0.601. The van der Waals surface area contributed by atoms with Gasteiger partial charge in [0, 0.05) is 27.2 Å². The van der Waals surface area contributed by atoms with Crippen LogP contribution in [0, 0.1) is 0 Å². The van der Waals surface area contributed by atoms with E-state index in [-0.39, 0.29) is 0 Å². The Labute approximate surface area is 174 Å². The van der Waals surface area contributed by atoms with E-state index in [1.54, 1.807) is 14.2 Å². The second kappa shape index (κ2) is 12.7. The molecular formula is C23H33N3O3. The maximum atomic E-state index is 5.71. The van der Waals surface area contributed by atoms with Crippen LogP contribution in [0.25, 0.3) is 0 Å². The van der Waals surface area contributed by atoms with Crippen LogP contribution in [0.3, 0.4) is 0 Å². The molecule has 0 saturated carbocycles. The third-order valence-electron chi connectivity index (χ3n) is 4.40. The molecule has 0 bridgehead atoms. The molecule has 0 heterocycles. The van der Waals surface area contributed by atoms with Gasteiger partial charge in [0.05, 0.1) is 19.8 Å². The summed E-state index contributed by atoms with van der Waals surface area (Å²) in [4.78, 5) is 4.31. The monoisotopic (exact) mass is 399 g/mol. The van der Waals surface area contributed by atoms with Gasteiger partial charge in [-0.1, -0.05) is 30.3 Å². The van der Waals surface area contributed by atoms with Gasteiger partial charge in [0.25, 0.3) is 0 Å². The highest BCUT2D eigenvalue weighted by Crippen LogP contribution is 2.28. The molecule has 0 aliphatic rings. The Morgan fingerprint density at radius 3 is 2.34 bits per heavy atom. The van der Waals surface area contributed by atoms with Crippen molar-refractivity contribution in [2.45, 2.75) is 33.4 Å². The molecule has 0 radical (unpaired) electrons. The fourth-order valence-corrected chi connectivity index (χ4v) is 3.00. The molecule has 0 fully saturated rings. The zero-order valence-electron chi connectivity index (χ0n) is 18.0. The van der Waals surface area contributed by atoms with E-state index in [2.05, 4.69) is 33.8 Å². The van der Waals surface area contributed by atoms with Crippen LogP contribution in [0.5, 0.6) is 11.5 Å². The Morgan fingerprint density at radius 2 is 1.66 bits per heavy atom.